The predicted octanol–water partition coefficient (Wildman–Crippen LogP) is -1.09. The lowest BCUT2D eigenvalue weighted by atomic mass is 10.0. The van der Waals surface area contributed by atoms with Crippen LogP contribution in [0.5, 0.6) is 5.75 Å². The Labute approximate surface area is 153 Å². The number of carbonyl (C=O) groups excluding carboxylic acids is 1. The second-order valence-corrected chi connectivity index (χ2v) is 5.74. The van der Waals surface area contributed by atoms with Crippen molar-refractivity contribution in [1.82, 2.24) is 5.43 Å². The number of ether oxygens (including phenoxy) is 1. The van der Waals surface area contributed by atoms with Gasteiger partial charge in [-0.25, -0.2) is 5.43 Å². The van der Waals surface area contributed by atoms with Crippen molar-refractivity contribution in [2.75, 3.05) is 13.2 Å². The van der Waals surface area contributed by atoms with Crippen molar-refractivity contribution < 1.29 is 35.1 Å². The molecule has 25 heavy (non-hydrogen) atoms. The minimum absolute atomic E-state index is 0.221. The van der Waals surface area contributed by atoms with Crippen molar-refractivity contribution in [2.45, 2.75) is 24.4 Å². The van der Waals surface area contributed by atoms with Crippen LogP contribution in [-0.4, -0.2) is 75.3 Å². The smallest absolute Gasteiger partial charge is 0.277 e. The molecule has 1 aromatic carbocycles. The topological polar surface area (TPSA) is 152 Å². The van der Waals surface area contributed by atoms with E-state index in [9.17, 15) is 20.1 Å². The van der Waals surface area contributed by atoms with Crippen molar-refractivity contribution in [1.29, 1.82) is 0 Å². The first kappa shape index (κ1) is 21.6. The summed E-state index contributed by atoms with van der Waals surface area (Å²) in [6.07, 6.45) is -6.19. The zero-order valence-corrected chi connectivity index (χ0v) is 14.3. The number of carbonyl (C=O) groups is 1. The SMILES string of the molecule is O=C(COc1ccc(Cl)cc1Cl)N/N=C\[C@H](O)[C@H](O)[C@@H](O)[C@@H](O)CO. The molecule has 1 aromatic rings. The molecule has 11 heteroatoms. The van der Waals surface area contributed by atoms with Crippen molar-refractivity contribution >= 4 is 35.3 Å². The summed E-state index contributed by atoms with van der Waals surface area (Å²) < 4.78 is 5.15. The Kier molecular flexibility index (Phi) is 9.08. The van der Waals surface area contributed by atoms with Crippen LogP contribution in [-0.2, 0) is 4.79 Å². The number of hydrogen-bond acceptors (Lipinski definition) is 8. The molecule has 0 aliphatic heterocycles. The van der Waals surface area contributed by atoms with Crippen molar-refractivity contribution in [3.8, 4) is 5.75 Å². The summed E-state index contributed by atoms with van der Waals surface area (Å²) >= 11 is 11.6. The third-order valence-corrected chi connectivity index (χ3v) is 3.48. The van der Waals surface area contributed by atoms with Gasteiger partial charge in [-0.05, 0) is 18.2 Å². The number of hydrogen-bond donors (Lipinski definition) is 6. The maximum Gasteiger partial charge on any atom is 0.277 e. The molecule has 0 aliphatic carbocycles. The maximum absolute atomic E-state index is 11.5. The minimum atomic E-state index is -1.81. The Morgan fingerprint density at radius 2 is 1.92 bits per heavy atom. The van der Waals surface area contributed by atoms with E-state index in [2.05, 4.69) is 5.10 Å². The van der Waals surface area contributed by atoms with Crippen LogP contribution in [0.4, 0.5) is 0 Å². The van der Waals surface area contributed by atoms with E-state index in [-0.39, 0.29) is 10.8 Å². The third kappa shape index (κ3) is 7.12. The molecule has 0 radical (unpaired) electrons. The van der Waals surface area contributed by atoms with Crippen LogP contribution in [0.3, 0.4) is 0 Å². The van der Waals surface area contributed by atoms with Crippen LogP contribution >= 0.6 is 23.2 Å². The summed E-state index contributed by atoms with van der Waals surface area (Å²) in [5.41, 5.74) is 2.02. The monoisotopic (exact) mass is 396 g/mol. The number of rotatable bonds is 9. The van der Waals surface area contributed by atoms with Gasteiger partial charge in [0.15, 0.2) is 6.61 Å². The zero-order valence-electron chi connectivity index (χ0n) is 12.8. The molecule has 0 aliphatic rings. The summed E-state index contributed by atoms with van der Waals surface area (Å²) in [5, 5.41) is 50.3. The lowest BCUT2D eigenvalue weighted by Crippen LogP contribution is -2.46. The largest absolute Gasteiger partial charge is 0.482 e. The fraction of sp³-hybridized carbons (Fsp3) is 0.429. The van der Waals surface area contributed by atoms with Crippen molar-refractivity contribution in [3.05, 3.63) is 28.2 Å². The Morgan fingerprint density at radius 1 is 1.24 bits per heavy atom. The first-order chi connectivity index (χ1) is 11.8. The molecule has 1 amide bonds. The molecule has 0 saturated carbocycles. The Hall–Kier alpha value is -1.46. The highest BCUT2D eigenvalue weighted by Gasteiger charge is 2.29. The second kappa shape index (κ2) is 10.5. The Bertz CT molecular complexity index is 603. The van der Waals surface area contributed by atoms with Crippen molar-refractivity contribution in [3.63, 3.8) is 0 Å². The average molecular weight is 397 g/mol. The molecule has 0 saturated heterocycles. The summed E-state index contributed by atoms with van der Waals surface area (Å²) in [6.45, 7) is -1.23. The minimum Gasteiger partial charge on any atom is -0.482 e. The molecule has 0 unspecified atom stereocenters. The maximum atomic E-state index is 11.5. The first-order valence-corrected chi connectivity index (χ1v) is 7.74. The van der Waals surface area contributed by atoms with E-state index in [0.29, 0.717) is 5.02 Å². The van der Waals surface area contributed by atoms with Gasteiger partial charge in [0, 0.05) is 5.02 Å². The van der Waals surface area contributed by atoms with Gasteiger partial charge >= 0.3 is 0 Å². The van der Waals surface area contributed by atoms with Gasteiger partial charge in [0.2, 0.25) is 0 Å². The molecule has 9 nitrogen and oxygen atoms in total. The van der Waals surface area contributed by atoms with E-state index < -0.39 is 43.5 Å². The molecule has 1 rings (SSSR count). The lowest BCUT2D eigenvalue weighted by molar-refractivity contribution is -0.123. The van der Waals surface area contributed by atoms with Gasteiger partial charge in [-0.2, -0.15) is 5.10 Å². The number of nitrogens with one attached hydrogen (secondary N) is 1. The summed E-state index contributed by atoms with van der Waals surface area (Å²) in [5.74, 6) is -0.443. The highest BCUT2D eigenvalue weighted by atomic mass is 35.5. The highest BCUT2D eigenvalue weighted by molar-refractivity contribution is 6.35. The Morgan fingerprint density at radius 3 is 2.52 bits per heavy atom. The van der Waals surface area contributed by atoms with E-state index in [1.807, 2.05) is 5.43 Å². The van der Waals surface area contributed by atoms with Crippen LogP contribution in [0.25, 0.3) is 0 Å². The van der Waals surface area contributed by atoms with E-state index in [1.165, 1.54) is 18.2 Å². The van der Waals surface area contributed by atoms with E-state index >= 15 is 0 Å². The molecule has 0 spiro atoms. The van der Waals surface area contributed by atoms with E-state index in [0.717, 1.165) is 6.21 Å². The number of aliphatic hydroxyl groups is 5. The molecular weight excluding hydrogens is 379 g/mol. The molecule has 6 N–H and O–H groups in total. The Balaban J connectivity index is 2.43. The number of aliphatic hydroxyl groups excluding tert-OH is 5. The number of halogens is 2. The highest BCUT2D eigenvalue weighted by Crippen LogP contribution is 2.27. The van der Waals surface area contributed by atoms with Gasteiger partial charge in [0.05, 0.1) is 17.8 Å². The number of benzene rings is 1. The fourth-order valence-corrected chi connectivity index (χ4v) is 2.04. The standard InChI is InChI=1S/C14H18Cl2N2O7/c15-7-1-2-11(8(16)3-7)25-6-12(22)18-17-4-9(20)13(23)14(24)10(21)5-19/h1-4,9-10,13-14,19-21,23-24H,5-6H2,(H,18,22)/b17-4-/t9-,10-,13-,14-/m0/s1. The van der Waals surface area contributed by atoms with Gasteiger partial charge in [-0.1, -0.05) is 23.2 Å². The molecule has 0 heterocycles. The van der Waals surface area contributed by atoms with E-state index in [4.69, 9.17) is 38.2 Å². The molecule has 0 fully saturated rings. The molecule has 0 aromatic heterocycles. The van der Waals surface area contributed by atoms with Crippen LogP contribution < -0.4 is 10.2 Å². The quantitative estimate of drug-likeness (QED) is 0.229. The lowest BCUT2D eigenvalue weighted by Gasteiger charge is -2.23. The molecule has 4 atom stereocenters. The predicted molar refractivity (Wildman–Crippen MR) is 89.7 cm³/mol. The normalized spacial score (nSPS) is 16.3. The van der Waals surface area contributed by atoms with Gasteiger partial charge in [0.25, 0.3) is 5.91 Å². The zero-order chi connectivity index (χ0) is 19.0. The number of amides is 1. The molecule has 140 valence electrons. The average Bonchev–Trinajstić information content (AvgIpc) is 2.58. The van der Waals surface area contributed by atoms with Gasteiger partial charge in [-0.3, -0.25) is 4.79 Å². The summed E-state index contributed by atoms with van der Waals surface area (Å²) in [6, 6.07) is 4.45. The molecule has 0 bridgehead atoms. The van der Waals surface area contributed by atoms with Crippen LogP contribution in [0.1, 0.15) is 0 Å². The van der Waals surface area contributed by atoms with Crippen LogP contribution in [0.15, 0.2) is 23.3 Å². The van der Waals surface area contributed by atoms with E-state index in [1.54, 1.807) is 0 Å². The second-order valence-electron chi connectivity index (χ2n) is 4.90. The molecular formula is C14H18Cl2N2O7. The van der Waals surface area contributed by atoms with Gasteiger partial charge in [-0.15, -0.1) is 0 Å². The number of hydrazone groups is 1. The van der Waals surface area contributed by atoms with Crippen LogP contribution in [0.2, 0.25) is 10.0 Å². The summed E-state index contributed by atoms with van der Waals surface area (Å²) in [7, 11) is 0. The first-order valence-electron chi connectivity index (χ1n) is 6.99. The van der Waals surface area contributed by atoms with Crippen LogP contribution in [0, 0.1) is 0 Å². The van der Waals surface area contributed by atoms with Gasteiger partial charge < -0.3 is 30.3 Å². The number of nitrogens with zero attached hydrogens (tertiary/aromatic N) is 1. The third-order valence-electron chi connectivity index (χ3n) is 2.95. The van der Waals surface area contributed by atoms with Crippen molar-refractivity contribution in [2.24, 2.45) is 5.10 Å². The fourth-order valence-electron chi connectivity index (χ4n) is 1.58. The summed E-state index contributed by atoms with van der Waals surface area (Å²) in [4.78, 5) is 11.5. The van der Waals surface area contributed by atoms with Gasteiger partial charge in [0.1, 0.15) is 30.2 Å².